The monoisotopic (exact) mass is 388 g/mol. The molecule has 1 aromatic carbocycles. The molecule has 27 heavy (non-hydrogen) atoms. The normalized spacial score (nSPS) is 21.6. The molecule has 5 rings (SSSR count). The van der Waals surface area contributed by atoms with Crippen LogP contribution in [0.15, 0.2) is 30.5 Å². The summed E-state index contributed by atoms with van der Waals surface area (Å²) in [6, 6.07) is 5.58. The minimum Gasteiger partial charge on any atom is -0.383 e. The Morgan fingerprint density at radius 2 is 2.04 bits per heavy atom. The predicted octanol–water partition coefficient (Wildman–Crippen LogP) is 4.83. The zero-order valence-electron chi connectivity index (χ0n) is 14.6. The van der Waals surface area contributed by atoms with Crippen LogP contribution in [0.25, 0.3) is 5.65 Å². The van der Waals surface area contributed by atoms with Gasteiger partial charge in [-0.3, -0.25) is 4.40 Å². The van der Waals surface area contributed by atoms with E-state index in [1.165, 1.54) is 25.0 Å². The van der Waals surface area contributed by atoms with Gasteiger partial charge in [-0.15, -0.1) is 10.2 Å². The minimum atomic E-state index is -0.396. The summed E-state index contributed by atoms with van der Waals surface area (Å²) in [5, 5.41) is 12.4. The lowest BCUT2D eigenvalue weighted by Crippen LogP contribution is -2.06. The van der Waals surface area contributed by atoms with E-state index in [2.05, 4.69) is 15.5 Å². The fraction of sp³-hybridized carbons (Fsp3) is 0.400. The maximum absolute atomic E-state index is 13.9. The van der Waals surface area contributed by atoms with Gasteiger partial charge in [0.2, 0.25) is 0 Å². The number of rotatable bonds is 6. The number of fused-ring (bicyclic) bond motifs is 1. The van der Waals surface area contributed by atoms with Gasteiger partial charge in [-0.25, -0.2) is 8.78 Å². The molecule has 1 N–H and O–H groups in total. The summed E-state index contributed by atoms with van der Waals surface area (Å²) >= 11 is 6.51. The smallest absolute Gasteiger partial charge is 0.181 e. The lowest BCUT2D eigenvalue weighted by molar-refractivity contribution is 0.582. The maximum atomic E-state index is 13.9. The molecule has 140 valence electrons. The van der Waals surface area contributed by atoms with Gasteiger partial charge in [0.05, 0.1) is 5.69 Å². The summed E-state index contributed by atoms with van der Waals surface area (Å²) in [6.07, 6.45) is 6.24. The highest BCUT2D eigenvalue weighted by atomic mass is 35.5. The third kappa shape index (κ3) is 3.27. The zero-order chi connectivity index (χ0) is 18.5. The number of hydrogen-bond acceptors (Lipinski definition) is 3. The molecule has 0 spiro atoms. The minimum absolute atomic E-state index is 0.0499. The Morgan fingerprint density at radius 1 is 1.19 bits per heavy atom. The first-order valence-electron chi connectivity index (χ1n) is 9.31. The van der Waals surface area contributed by atoms with Gasteiger partial charge in [0.25, 0.3) is 0 Å². The van der Waals surface area contributed by atoms with Crippen molar-refractivity contribution in [3.8, 4) is 0 Å². The molecule has 2 saturated carbocycles. The van der Waals surface area contributed by atoms with Crippen molar-refractivity contribution in [1.29, 1.82) is 0 Å². The summed E-state index contributed by atoms with van der Waals surface area (Å²) in [6.45, 7) is 0.652. The van der Waals surface area contributed by atoms with Crippen molar-refractivity contribution in [2.45, 2.75) is 31.6 Å². The number of aromatic nitrogens is 3. The molecule has 2 atom stereocenters. The van der Waals surface area contributed by atoms with Crippen molar-refractivity contribution in [2.24, 2.45) is 11.8 Å². The number of halogens is 3. The third-order valence-corrected chi connectivity index (χ3v) is 5.97. The first-order chi connectivity index (χ1) is 13.1. The molecule has 4 nitrogen and oxygen atoms in total. The molecule has 2 fully saturated rings. The van der Waals surface area contributed by atoms with Crippen LogP contribution in [0.2, 0.25) is 5.02 Å². The molecule has 0 amide bonds. The quantitative estimate of drug-likeness (QED) is 0.657. The van der Waals surface area contributed by atoms with Crippen molar-refractivity contribution >= 4 is 22.9 Å². The Bertz CT molecular complexity index is 1010. The van der Waals surface area contributed by atoms with Crippen LogP contribution in [0.5, 0.6) is 0 Å². The molecule has 2 aliphatic carbocycles. The van der Waals surface area contributed by atoms with Crippen molar-refractivity contribution in [3.05, 3.63) is 58.5 Å². The van der Waals surface area contributed by atoms with Crippen molar-refractivity contribution in [3.63, 3.8) is 0 Å². The van der Waals surface area contributed by atoms with Crippen LogP contribution in [0.1, 0.15) is 36.6 Å². The molecule has 0 bridgehead atoms. The third-order valence-electron chi connectivity index (χ3n) is 5.59. The first kappa shape index (κ1) is 16.9. The summed E-state index contributed by atoms with van der Waals surface area (Å²) in [5.74, 6) is 1.25. The largest absolute Gasteiger partial charge is 0.383 e. The second kappa shape index (κ2) is 6.44. The maximum Gasteiger partial charge on any atom is 0.181 e. The average Bonchev–Trinajstić information content (AvgIpc) is 3.56. The number of hydrogen-bond donors (Lipinski definition) is 1. The van der Waals surface area contributed by atoms with Crippen LogP contribution in [-0.4, -0.2) is 21.1 Å². The summed E-state index contributed by atoms with van der Waals surface area (Å²) in [5.41, 5.74) is 1.91. The highest BCUT2D eigenvalue weighted by molar-refractivity contribution is 6.36. The number of pyridine rings is 1. The lowest BCUT2D eigenvalue weighted by atomic mass is 10.1. The standard InChI is InChI=1S/C20H19ClF2N4/c21-19-17(5-6-27-18(7-11-1-2-11)25-26-20(19)27)24-10-12-8-14(12)15-9-13(22)3-4-16(15)23/h3-6,9,11-12,14,24H,1-2,7-8,10H2/t12-,14+/m0/s1. The Hall–Kier alpha value is -2.21. The molecule has 0 unspecified atom stereocenters. The van der Waals surface area contributed by atoms with E-state index in [1.54, 1.807) is 0 Å². The Kier molecular flexibility index (Phi) is 4.04. The van der Waals surface area contributed by atoms with E-state index in [9.17, 15) is 8.78 Å². The lowest BCUT2D eigenvalue weighted by Gasteiger charge is -2.10. The van der Waals surface area contributed by atoms with E-state index < -0.39 is 5.82 Å². The number of anilines is 1. The Balaban J connectivity index is 1.28. The van der Waals surface area contributed by atoms with Crippen LogP contribution in [0, 0.1) is 23.5 Å². The molecule has 2 aliphatic rings. The second-order valence-corrected chi connectivity index (χ2v) is 8.03. The van der Waals surface area contributed by atoms with Gasteiger partial charge < -0.3 is 5.32 Å². The highest BCUT2D eigenvalue weighted by Gasteiger charge is 2.39. The van der Waals surface area contributed by atoms with E-state index in [1.807, 2.05) is 16.7 Å². The molecule has 7 heteroatoms. The summed E-state index contributed by atoms with van der Waals surface area (Å²) in [4.78, 5) is 0. The van der Waals surface area contributed by atoms with Gasteiger partial charge in [0, 0.05) is 19.2 Å². The van der Waals surface area contributed by atoms with Crippen LogP contribution in [-0.2, 0) is 6.42 Å². The van der Waals surface area contributed by atoms with Crippen molar-refractivity contribution in [2.75, 3.05) is 11.9 Å². The average molecular weight is 389 g/mol. The van der Waals surface area contributed by atoms with E-state index in [-0.39, 0.29) is 17.7 Å². The van der Waals surface area contributed by atoms with Gasteiger partial charge in [-0.2, -0.15) is 0 Å². The Labute approximate surface area is 160 Å². The molecule has 0 aliphatic heterocycles. The SMILES string of the molecule is Fc1ccc(F)c([C@@H]2C[C@H]2CNc2ccn3c(CC4CC4)nnc3c2Cl)c1. The number of benzene rings is 1. The van der Waals surface area contributed by atoms with Crippen molar-refractivity contribution in [1.82, 2.24) is 14.6 Å². The topological polar surface area (TPSA) is 42.2 Å². The fourth-order valence-electron chi connectivity index (χ4n) is 3.72. The number of nitrogens with one attached hydrogen (secondary N) is 1. The molecule has 3 aromatic rings. The first-order valence-corrected chi connectivity index (χ1v) is 9.69. The Morgan fingerprint density at radius 3 is 2.85 bits per heavy atom. The van der Waals surface area contributed by atoms with Crippen LogP contribution in [0.4, 0.5) is 14.5 Å². The van der Waals surface area contributed by atoms with E-state index in [0.29, 0.717) is 22.8 Å². The summed E-state index contributed by atoms with van der Waals surface area (Å²) in [7, 11) is 0. The van der Waals surface area contributed by atoms with Gasteiger partial charge in [0.1, 0.15) is 22.5 Å². The number of nitrogens with zero attached hydrogens (tertiary/aromatic N) is 3. The molecular weight excluding hydrogens is 370 g/mol. The van der Waals surface area contributed by atoms with E-state index >= 15 is 0 Å². The van der Waals surface area contributed by atoms with Gasteiger partial charge >= 0.3 is 0 Å². The van der Waals surface area contributed by atoms with Crippen LogP contribution >= 0.6 is 11.6 Å². The van der Waals surface area contributed by atoms with E-state index in [0.717, 1.165) is 36.3 Å². The van der Waals surface area contributed by atoms with Crippen molar-refractivity contribution < 1.29 is 8.78 Å². The van der Waals surface area contributed by atoms with Crippen LogP contribution in [0.3, 0.4) is 0 Å². The fourth-order valence-corrected chi connectivity index (χ4v) is 3.98. The molecule has 2 heterocycles. The van der Waals surface area contributed by atoms with Gasteiger partial charge in [0.15, 0.2) is 5.65 Å². The second-order valence-electron chi connectivity index (χ2n) is 7.65. The van der Waals surface area contributed by atoms with E-state index in [4.69, 9.17) is 11.6 Å². The van der Waals surface area contributed by atoms with Gasteiger partial charge in [-0.05, 0) is 66.8 Å². The predicted molar refractivity (Wildman–Crippen MR) is 100 cm³/mol. The summed E-state index contributed by atoms with van der Waals surface area (Å²) < 4.78 is 29.2. The zero-order valence-corrected chi connectivity index (χ0v) is 15.4. The molecule has 2 aromatic heterocycles. The molecular formula is C20H19ClF2N4. The van der Waals surface area contributed by atoms with Gasteiger partial charge in [-0.1, -0.05) is 11.6 Å². The molecule has 0 radical (unpaired) electrons. The molecule has 0 saturated heterocycles. The van der Waals surface area contributed by atoms with Crippen LogP contribution < -0.4 is 5.32 Å². The highest BCUT2D eigenvalue weighted by Crippen LogP contribution is 2.48.